The lowest BCUT2D eigenvalue weighted by Gasteiger charge is -2.26. The molecule has 6 nitrogen and oxygen atoms in total. The molecule has 0 spiro atoms. The van der Waals surface area contributed by atoms with Gasteiger partial charge in [-0.25, -0.2) is 0 Å². The van der Waals surface area contributed by atoms with Crippen molar-refractivity contribution in [3.63, 3.8) is 0 Å². The van der Waals surface area contributed by atoms with Crippen LogP contribution in [0.25, 0.3) is 0 Å². The lowest BCUT2D eigenvalue weighted by Crippen LogP contribution is -2.30. The fourth-order valence-corrected chi connectivity index (χ4v) is 1.69. The van der Waals surface area contributed by atoms with Crippen LogP contribution in [0.2, 0.25) is 0 Å². The molecule has 0 saturated carbocycles. The van der Waals surface area contributed by atoms with Crippen LogP contribution >= 0.6 is 0 Å². The summed E-state index contributed by atoms with van der Waals surface area (Å²) in [5.74, 6) is -1.20. The highest BCUT2D eigenvalue weighted by molar-refractivity contribution is 5.69. The van der Waals surface area contributed by atoms with Gasteiger partial charge in [0.25, 0.3) is 5.56 Å². The van der Waals surface area contributed by atoms with Crippen LogP contribution in [-0.2, 0) is 10.4 Å². The smallest absolute Gasteiger partial charge is 0.306 e. The Bertz CT molecular complexity index is 467. The van der Waals surface area contributed by atoms with E-state index in [0.717, 1.165) is 0 Å². The molecule has 0 aliphatic heterocycles. The highest BCUT2D eigenvalue weighted by atomic mass is 16.5. The SMILES string of the molecule is CCC(O)(CC(=O)O)c1cc[nH]c(=O)c1OC. The topological polar surface area (TPSA) is 99.6 Å². The van der Waals surface area contributed by atoms with E-state index < -0.39 is 23.6 Å². The second-order valence-corrected chi connectivity index (χ2v) is 3.71. The Morgan fingerprint density at radius 2 is 2.24 bits per heavy atom. The van der Waals surface area contributed by atoms with E-state index in [9.17, 15) is 14.7 Å². The van der Waals surface area contributed by atoms with E-state index in [1.807, 2.05) is 0 Å². The second-order valence-electron chi connectivity index (χ2n) is 3.71. The molecule has 3 N–H and O–H groups in total. The predicted octanol–water partition coefficient (Wildman–Crippen LogP) is 0.456. The summed E-state index contributed by atoms with van der Waals surface area (Å²) in [6.07, 6.45) is 1.03. The van der Waals surface area contributed by atoms with Gasteiger partial charge in [-0.1, -0.05) is 6.92 Å². The van der Waals surface area contributed by atoms with Gasteiger partial charge in [0.1, 0.15) is 5.60 Å². The van der Waals surface area contributed by atoms with Gasteiger partial charge in [0.15, 0.2) is 5.75 Å². The molecule has 1 unspecified atom stereocenters. The van der Waals surface area contributed by atoms with Crippen LogP contribution in [-0.4, -0.2) is 28.3 Å². The number of carbonyl (C=O) groups is 1. The highest BCUT2D eigenvalue weighted by Crippen LogP contribution is 2.32. The van der Waals surface area contributed by atoms with Crippen LogP contribution in [0.1, 0.15) is 25.3 Å². The van der Waals surface area contributed by atoms with Gasteiger partial charge >= 0.3 is 5.97 Å². The van der Waals surface area contributed by atoms with Crippen molar-refractivity contribution < 1.29 is 19.7 Å². The number of aromatic nitrogens is 1. The zero-order chi connectivity index (χ0) is 13.1. The highest BCUT2D eigenvalue weighted by Gasteiger charge is 2.34. The largest absolute Gasteiger partial charge is 0.491 e. The van der Waals surface area contributed by atoms with Crippen molar-refractivity contribution in [2.24, 2.45) is 0 Å². The number of pyridine rings is 1. The van der Waals surface area contributed by atoms with Crippen LogP contribution in [0.3, 0.4) is 0 Å². The third-order valence-corrected chi connectivity index (χ3v) is 2.65. The number of carboxylic acids is 1. The molecule has 17 heavy (non-hydrogen) atoms. The second kappa shape index (κ2) is 5.01. The van der Waals surface area contributed by atoms with Gasteiger partial charge in [-0.3, -0.25) is 9.59 Å². The molecular weight excluding hydrogens is 226 g/mol. The van der Waals surface area contributed by atoms with E-state index in [4.69, 9.17) is 9.84 Å². The third-order valence-electron chi connectivity index (χ3n) is 2.65. The van der Waals surface area contributed by atoms with Gasteiger partial charge in [-0.05, 0) is 12.5 Å². The molecule has 1 aromatic heterocycles. The van der Waals surface area contributed by atoms with Crippen LogP contribution in [0.5, 0.6) is 5.75 Å². The van der Waals surface area contributed by atoms with E-state index in [0.29, 0.717) is 0 Å². The molecule has 1 heterocycles. The van der Waals surface area contributed by atoms with Crippen molar-refractivity contribution in [3.05, 3.63) is 28.2 Å². The minimum atomic E-state index is -1.61. The monoisotopic (exact) mass is 241 g/mol. The van der Waals surface area contributed by atoms with Crippen molar-refractivity contribution in [2.75, 3.05) is 7.11 Å². The molecule has 0 aliphatic rings. The Morgan fingerprint density at radius 3 is 2.71 bits per heavy atom. The zero-order valence-corrected chi connectivity index (χ0v) is 9.69. The summed E-state index contributed by atoms with van der Waals surface area (Å²) in [7, 11) is 1.30. The number of hydrogen-bond acceptors (Lipinski definition) is 4. The molecule has 1 atom stereocenters. The van der Waals surface area contributed by atoms with Crippen LogP contribution in [0.15, 0.2) is 17.1 Å². The van der Waals surface area contributed by atoms with E-state index in [2.05, 4.69) is 4.98 Å². The van der Waals surface area contributed by atoms with Gasteiger partial charge in [0, 0.05) is 11.8 Å². The number of hydrogen-bond donors (Lipinski definition) is 3. The van der Waals surface area contributed by atoms with Crippen LogP contribution < -0.4 is 10.3 Å². The number of methoxy groups -OCH3 is 1. The van der Waals surface area contributed by atoms with Crippen molar-refractivity contribution in [1.29, 1.82) is 0 Å². The summed E-state index contributed by atoms with van der Waals surface area (Å²) in [5.41, 5.74) is -1.92. The minimum absolute atomic E-state index is 0.0573. The average molecular weight is 241 g/mol. The van der Waals surface area contributed by atoms with Gasteiger partial charge < -0.3 is 19.9 Å². The Morgan fingerprint density at radius 1 is 1.59 bits per heavy atom. The minimum Gasteiger partial charge on any atom is -0.491 e. The van der Waals surface area contributed by atoms with E-state index in [1.165, 1.54) is 19.4 Å². The van der Waals surface area contributed by atoms with Crippen molar-refractivity contribution in [1.82, 2.24) is 4.98 Å². The fourth-order valence-electron chi connectivity index (χ4n) is 1.69. The third kappa shape index (κ3) is 2.65. The molecular formula is C11H15NO5. The zero-order valence-electron chi connectivity index (χ0n) is 9.69. The Labute approximate surface area is 97.9 Å². The molecule has 0 amide bonds. The maximum Gasteiger partial charge on any atom is 0.306 e. The Kier molecular flexibility index (Phi) is 3.90. The number of ether oxygens (including phenoxy) is 1. The Balaban J connectivity index is 3.33. The van der Waals surface area contributed by atoms with E-state index >= 15 is 0 Å². The number of rotatable bonds is 5. The van der Waals surface area contributed by atoms with E-state index in [1.54, 1.807) is 6.92 Å². The number of H-pyrrole nitrogens is 1. The summed E-state index contributed by atoms with van der Waals surface area (Å²) >= 11 is 0. The van der Waals surface area contributed by atoms with Crippen molar-refractivity contribution >= 4 is 5.97 Å². The first kappa shape index (κ1) is 13.2. The molecule has 94 valence electrons. The fraction of sp³-hybridized carbons (Fsp3) is 0.455. The lowest BCUT2D eigenvalue weighted by atomic mass is 9.88. The van der Waals surface area contributed by atoms with Crippen molar-refractivity contribution in [3.8, 4) is 5.75 Å². The lowest BCUT2D eigenvalue weighted by molar-refractivity contribution is -0.143. The predicted molar refractivity (Wildman–Crippen MR) is 60.1 cm³/mol. The van der Waals surface area contributed by atoms with E-state index in [-0.39, 0.29) is 17.7 Å². The standard InChI is InChI=1S/C11H15NO5/c1-3-11(16,6-8(13)14)7-4-5-12-10(15)9(7)17-2/h4-5,16H,3,6H2,1-2H3,(H,12,15)(H,13,14). The summed E-state index contributed by atoms with van der Waals surface area (Å²) < 4.78 is 4.91. The number of nitrogens with one attached hydrogen (secondary N) is 1. The summed E-state index contributed by atoms with van der Waals surface area (Å²) in [6, 6.07) is 1.45. The van der Waals surface area contributed by atoms with Crippen molar-refractivity contribution in [2.45, 2.75) is 25.4 Å². The first-order chi connectivity index (χ1) is 7.94. The van der Waals surface area contributed by atoms with Crippen LogP contribution in [0, 0.1) is 0 Å². The van der Waals surface area contributed by atoms with Crippen LogP contribution in [0.4, 0.5) is 0 Å². The number of aliphatic carboxylic acids is 1. The summed E-state index contributed by atoms with van der Waals surface area (Å²) in [4.78, 5) is 24.6. The number of aromatic amines is 1. The summed E-state index contributed by atoms with van der Waals surface area (Å²) in [5, 5.41) is 19.1. The molecule has 1 rings (SSSR count). The molecule has 0 bridgehead atoms. The molecule has 6 heteroatoms. The van der Waals surface area contributed by atoms with Gasteiger partial charge in [0.2, 0.25) is 0 Å². The first-order valence-corrected chi connectivity index (χ1v) is 5.15. The average Bonchev–Trinajstić information content (AvgIpc) is 2.27. The molecule has 0 aromatic carbocycles. The normalized spacial score (nSPS) is 14.1. The van der Waals surface area contributed by atoms with Gasteiger partial charge in [-0.2, -0.15) is 0 Å². The number of aliphatic hydroxyl groups is 1. The first-order valence-electron chi connectivity index (χ1n) is 5.15. The summed E-state index contributed by atoms with van der Waals surface area (Å²) in [6.45, 7) is 1.64. The maximum absolute atomic E-state index is 11.5. The number of carboxylic acid groups (broad SMARTS) is 1. The van der Waals surface area contributed by atoms with Gasteiger partial charge in [-0.15, -0.1) is 0 Å². The maximum atomic E-state index is 11.5. The quantitative estimate of drug-likeness (QED) is 0.695. The molecule has 0 aliphatic carbocycles. The molecule has 0 radical (unpaired) electrons. The molecule has 0 saturated heterocycles. The molecule has 1 aromatic rings. The Hall–Kier alpha value is -1.82. The van der Waals surface area contributed by atoms with Gasteiger partial charge in [0.05, 0.1) is 13.5 Å². The molecule has 0 fully saturated rings.